The molecule has 8 heteroatoms. The van der Waals surface area contributed by atoms with Crippen LogP contribution in [0.1, 0.15) is 27.9 Å². The maximum atomic E-state index is 13.1. The van der Waals surface area contributed by atoms with Gasteiger partial charge in [-0.15, -0.1) is 0 Å². The van der Waals surface area contributed by atoms with Gasteiger partial charge in [-0.05, 0) is 30.7 Å². The van der Waals surface area contributed by atoms with Crippen LogP contribution in [-0.4, -0.2) is 37.9 Å². The number of nitrogens with zero attached hydrogens (tertiary/aromatic N) is 2. The number of benzene rings is 2. The second kappa shape index (κ2) is 9.58. The summed E-state index contributed by atoms with van der Waals surface area (Å²) in [6.07, 6.45) is 0.606. The van der Waals surface area contributed by atoms with Gasteiger partial charge >= 0.3 is 0 Å². The van der Waals surface area contributed by atoms with E-state index in [1.54, 1.807) is 31.4 Å². The fourth-order valence-electron chi connectivity index (χ4n) is 2.91. The van der Waals surface area contributed by atoms with E-state index in [1.807, 2.05) is 6.07 Å². The van der Waals surface area contributed by atoms with Crippen LogP contribution in [-0.2, 0) is 9.53 Å². The third-order valence-corrected chi connectivity index (χ3v) is 4.39. The zero-order valence-electron chi connectivity index (χ0n) is 16.2. The molecule has 1 heterocycles. The third-order valence-electron chi connectivity index (χ3n) is 4.39. The number of amidine groups is 1. The molecule has 30 heavy (non-hydrogen) atoms. The van der Waals surface area contributed by atoms with Crippen LogP contribution in [0, 0.1) is 17.1 Å². The van der Waals surface area contributed by atoms with Gasteiger partial charge in [-0.1, -0.05) is 24.3 Å². The molecule has 3 rings (SSSR count). The highest BCUT2D eigenvalue weighted by Crippen LogP contribution is 2.30. The highest BCUT2D eigenvalue weighted by atomic mass is 19.1. The number of rotatable bonds is 6. The lowest BCUT2D eigenvalue weighted by atomic mass is 10.0. The summed E-state index contributed by atoms with van der Waals surface area (Å²) in [5, 5.41) is 14.9. The highest BCUT2D eigenvalue weighted by Gasteiger charge is 2.27. The monoisotopic (exact) mass is 406 g/mol. The molecular formula is C22H19FN4O3. The first-order chi connectivity index (χ1) is 14.5. The number of fused-ring (bicyclic) bond motifs is 1. The first-order valence-electron chi connectivity index (χ1n) is 9.22. The molecule has 2 aromatic rings. The van der Waals surface area contributed by atoms with Gasteiger partial charge in [0.2, 0.25) is 0 Å². The average Bonchev–Trinajstić information content (AvgIpc) is 3.10. The molecule has 0 saturated heterocycles. The second-order valence-electron chi connectivity index (χ2n) is 6.40. The van der Waals surface area contributed by atoms with Crippen LogP contribution in [0.15, 0.2) is 59.1 Å². The normalized spacial score (nSPS) is 13.7. The molecule has 0 fully saturated rings. The molecule has 2 amide bonds. The summed E-state index contributed by atoms with van der Waals surface area (Å²) in [6.45, 7) is 0.837. The van der Waals surface area contributed by atoms with E-state index in [-0.39, 0.29) is 22.7 Å². The molecular weight excluding hydrogens is 387 g/mol. The minimum Gasteiger partial charge on any atom is -0.385 e. The van der Waals surface area contributed by atoms with Gasteiger partial charge in [-0.2, -0.15) is 5.26 Å². The quantitative estimate of drug-likeness (QED) is 0.437. The van der Waals surface area contributed by atoms with Crippen molar-refractivity contribution in [1.82, 2.24) is 10.6 Å². The number of nitriles is 1. The van der Waals surface area contributed by atoms with Crippen molar-refractivity contribution in [3.05, 3.63) is 76.6 Å². The Morgan fingerprint density at radius 2 is 1.83 bits per heavy atom. The Labute approximate surface area is 172 Å². The largest absolute Gasteiger partial charge is 0.385 e. The molecule has 0 spiro atoms. The molecule has 2 N–H and O–H groups in total. The Hall–Kier alpha value is -3.83. The summed E-state index contributed by atoms with van der Waals surface area (Å²) in [5.74, 6) is -1.26. The van der Waals surface area contributed by atoms with Crippen molar-refractivity contribution in [2.24, 2.45) is 4.99 Å². The Balaban J connectivity index is 1.89. The SMILES string of the molecule is COCCCNC(=O)/C(C#N)=C1/N=C(NC(=O)c2ccc(F)cc2)c2ccccc21. The van der Waals surface area contributed by atoms with E-state index in [4.69, 9.17) is 4.74 Å². The fraction of sp³-hybridized carbons (Fsp3) is 0.182. The van der Waals surface area contributed by atoms with E-state index in [9.17, 15) is 19.2 Å². The van der Waals surface area contributed by atoms with Gasteiger partial charge in [0, 0.05) is 37.0 Å². The number of carbonyl (C=O) groups is 2. The van der Waals surface area contributed by atoms with E-state index >= 15 is 0 Å². The smallest absolute Gasteiger partial charge is 0.264 e. The molecule has 0 aromatic heterocycles. The summed E-state index contributed by atoms with van der Waals surface area (Å²) >= 11 is 0. The van der Waals surface area contributed by atoms with Gasteiger partial charge in [-0.3, -0.25) is 9.59 Å². The lowest BCUT2D eigenvalue weighted by Crippen LogP contribution is -2.30. The predicted molar refractivity (Wildman–Crippen MR) is 109 cm³/mol. The maximum Gasteiger partial charge on any atom is 0.264 e. The molecule has 1 aliphatic rings. The molecule has 1 aliphatic heterocycles. The van der Waals surface area contributed by atoms with E-state index in [0.717, 1.165) is 0 Å². The van der Waals surface area contributed by atoms with Crippen LogP contribution in [0.4, 0.5) is 4.39 Å². The Morgan fingerprint density at radius 3 is 2.50 bits per heavy atom. The summed E-state index contributed by atoms with van der Waals surface area (Å²) in [7, 11) is 1.57. The van der Waals surface area contributed by atoms with Crippen LogP contribution in [0.5, 0.6) is 0 Å². The minimum absolute atomic E-state index is 0.147. The van der Waals surface area contributed by atoms with Gasteiger partial charge in [0.15, 0.2) is 0 Å². The molecule has 2 aromatic carbocycles. The number of hydrogen-bond acceptors (Lipinski definition) is 5. The topological polar surface area (TPSA) is 104 Å². The van der Waals surface area contributed by atoms with Crippen LogP contribution < -0.4 is 10.6 Å². The van der Waals surface area contributed by atoms with Crippen molar-refractivity contribution in [2.75, 3.05) is 20.3 Å². The number of nitrogens with one attached hydrogen (secondary N) is 2. The second-order valence-corrected chi connectivity index (χ2v) is 6.40. The Bertz CT molecular complexity index is 1070. The molecule has 0 aliphatic carbocycles. The molecule has 0 unspecified atom stereocenters. The van der Waals surface area contributed by atoms with E-state index < -0.39 is 17.6 Å². The van der Waals surface area contributed by atoms with Gasteiger partial charge in [0.25, 0.3) is 11.8 Å². The van der Waals surface area contributed by atoms with E-state index in [2.05, 4.69) is 15.6 Å². The number of ether oxygens (including phenoxy) is 1. The number of aliphatic imine (C=N–C) groups is 1. The van der Waals surface area contributed by atoms with Gasteiger partial charge in [0.1, 0.15) is 23.3 Å². The Morgan fingerprint density at radius 1 is 1.13 bits per heavy atom. The number of halogens is 1. The van der Waals surface area contributed by atoms with Gasteiger partial charge in [-0.25, -0.2) is 9.38 Å². The first kappa shape index (κ1) is 20.9. The highest BCUT2D eigenvalue weighted by molar-refractivity contribution is 6.20. The molecule has 0 radical (unpaired) electrons. The van der Waals surface area contributed by atoms with E-state index in [1.165, 1.54) is 24.3 Å². The third kappa shape index (κ3) is 4.59. The predicted octanol–water partition coefficient (Wildman–Crippen LogP) is 2.40. The van der Waals surface area contributed by atoms with Crippen LogP contribution in [0.25, 0.3) is 5.70 Å². The van der Waals surface area contributed by atoms with E-state index in [0.29, 0.717) is 30.7 Å². The summed E-state index contributed by atoms with van der Waals surface area (Å²) < 4.78 is 18.0. The van der Waals surface area contributed by atoms with Gasteiger partial charge in [0.05, 0.1) is 5.70 Å². The summed E-state index contributed by atoms with van der Waals surface area (Å²) in [6, 6.07) is 14.0. The van der Waals surface area contributed by atoms with Crippen LogP contribution >= 0.6 is 0 Å². The van der Waals surface area contributed by atoms with Crippen molar-refractivity contribution in [2.45, 2.75) is 6.42 Å². The summed E-state index contributed by atoms with van der Waals surface area (Å²) in [4.78, 5) is 29.4. The van der Waals surface area contributed by atoms with Gasteiger partial charge < -0.3 is 15.4 Å². The first-order valence-corrected chi connectivity index (χ1v) is 9.22. The molecule has 7 nitrogen and oxygen atoms in total. The lowest BCUT2D eigenvalue weighted by Gasteiger charge is -2.06. The maximum absolute atomic E-state index is 13.1. The summed E-state index contributed by atoms with van der Waals surface area (Å²) in [5.41, 5.74) is 1.45. The zero-order chi connectivity index (χ0) is 21.5. The number of hydrogen-bond donors (Lipinski definition) is 2. The fourth-order valence-corrected chi connectivity index (χ4v) is 2.91. The Kier molecular flexibility index (Phi) is 6.67. The standard InChI is InChI=1S/C22H19FN4O3/c1-30-12-4-11-25-22(29)18(13-24)19-16-5-2-3-6-17(16)20(26-19)27-21(28)14-7-9-15(23)10-8-14/h2-3,5-10H,4,11-12H2,1H3,(H,25,29)(H,26,27,28)/b19-18+. The van der Waals surface area contributed by atoms with Crippen molar-refractivity contribution in [3.63, 3.8) is 0 Å². The molecule has 0 bridgehead atoms. The minimum atomic E-state index is -0.548. The number of amides is 2. The number of carbonyl (C=O) groups excluding carboxylic acids is 2. The van der Waals surface area contributed by atoms with Crippen molar-refractivity contribution < 1.29 is 18.7 Å². The van der Waals surface area contributed by atoms with Crippen molar-refractivity contribution >= 4 is 23.3 Å². The average molecular weight is 406 g/mol. The number of methoxy groups -OCH3 is 1. The van der Waals surface area contributed by atoms with Crippen LogP contribution in [0.2, 0.25) is 0 Å². The molecule has 152 valence electrons. The lowest BCUT2D eigenvalue weighted by molar-refractivity contribution is -0.117. The molecule has 0 saturated carbocycles. The van der Waals surface area contributed by atoms with Crippen molar-refractivity contribution in [3.8, 4) is 6.07 Å². The zero-order valence-corrected chi connectivity index (χ0v) is 16.2. The van der Waals surface area contributed by atoms with Crippen LogP contribution in [0.3, 0.4) is 0 Å². The van der Waals surface area contributed by atoms with Crippen molar-refractivity contribution in [1.29, 1.82) is 5.26 Å². The molecule has 0 atom stereocenters.